The van der Waals surface area contributed by atoms with Crippen molar-refractivity contribution in [1.82, 2.24) is 15.1 Å². The summed E-state index contributed by atoms with van der Waals surface area (Å²) in [5.74, 6) is 1.64. The topological polar surface area (TPSA) is 80.3 Å². The number of hydrogen-bond donors (Lipinski definition) is 1. The first-order chi connectivity index (χ1) is 18.6. The predicted molar refractivity (Wildman–Crippen MR) is 154 cm³/mol. The third-order valence-corrected chi connectivity index (χ3v) is 7.51. The van der Waals surface area contributed by atoms with Gasteiger partial charge in [0.2, 0.25) is 0 Å². The summed E-state index contributed by atoms with van der Waals surface area (Å²) in [6.45, 7) is 10.7. The van der Waals surface area contributed by atoms with Crippen molar-refractivity contribution in [3.63, 3.8) is 0 Å². The van der Waals surface area contributed by atoms with Crippen LogP contribution in [0.25, 0.3) is 0 Å². The fourth-order valence-corrected chi connectivity index (χ4v) is 5.63. The van der Waals surface area contributed by atoms with Crippen LogP contribution in [0.1, 0.15) is 58.8 Å². The second kappa shape index (κ2) is 13.1. The van der Waals surface area contributed by atoms with Crippen molar-refractivity contribution in [3.8, 4) is 11.5 Å². The van der Waals surface area contributed by atoms with Gasteiger partial charge in [-0.3, -0.25) is 9.69 Å². The molecule has 0 saturated carbocycles. The highest BCUT2D eigenvalue weighted by atomic mass is 16.5. The lowest BCUT2D eigenvalue weighted by molar-refractivity contribution is 0.112. The lowest BCUT2D eigenvalue weighted by atomic mass is 9.89. The van der Waals surface area contributed by atoms with E-state index in [2.05, 4.69) is 25.2 Å². The molecule has 0 radical (unpaired) electrons. The standard InChI is InChI=1S/C22H33N3O4.C9H10O/c1-15-11-19-22(2,7-8-23-3)25(9-10-27-4)21(26)24(19)14-16-12-17(28-5)13-18(29-6)20(15)16;1-7-3-8(2)5-9(4-7)6-10/h11-13,15,23H,7-10,14H2,1-6H3;3-6H,1-2H3/t15-,22?;/m0./s1. The molecule has 1 fully saturated rings. The SMILES string of the molecule is CNCCC1(C)C2=C[C@H](C)c3c(cc(OC)cc3OC)CN2C(=O)N1CCOC.Cc1cc(C)cc(C=O)c1. The maximum Gasteiger partial charge on any atom is 0.325 e. The third-order valence-electron chi connectivity index (χ3n) is 7.51. The molecule has 2 aliphatic rings. The lowest BCUT2D eigenvalue weighted by Crippen LogP contribution is -2.47. The van der Waals surface area contributed by atoms with Crippen LogP contribution in [0, 0.1) is 13.8 Å². The Morgan fingerprint density at radius 3 is 2.33 bits per heavy atom. The molecule has 39 heavy (non-hydrogen) atoms. The minimum absolute atomic E-state index is 0.0220. The van der Waals surface area contributed by atoms with Gasteiger partial charge in [0, 0.05) is 42.5 Å². The molecular weight excluding hydrogens is 494 g/mol. The van der Waals surface area contributed by atoms with Crippen molar-refractivity contribution in [2.45, 2.75) is 52.1 Å². The highest BCUT2D eigenvalue weighted by molar-refractivity contribution is 5.83. The molecule has 2 amide bonds. The summed E-state index contributed by atoms with van der Waals surface area (Å²) >= 11 is 0. The van der Waals surface area contributed by atoms with Gasteiger partial charge in [0.05, 0.1) is 32.9 Å². The molecule has 0 bridgehead atoms. The fraction of sp³-hybridized carbons (Fsp3) is 0.484. The molecular formula is C31H43N3O5. The van der Waals surface area contributed by atoms with E-state index in [1.54, 1.807) is 21.3 Å². The first-order valence-electron chi connectivity index (χ1n) is 13.4. The van der Waals surface area contributed by atoms with E-state index in [-0.39, 0.29) is 11.9 Å². The van der Waals surface area contributed by atoms with Gasteiger partial charge in [-0.05, 0) is 64.5 Å². The van der Waals surface area contributed by atoms with Crippen LogP contribution in [0.15, 0.2) is 42.1 Å². The molecule has 0 aromatic heterocycles. The van der Waals surface area contributed by atoms with E-state index in [0.29, 0.717) is 19.7 Å². The van der Waals surface area contributed by atoms with Gasteiger partial charge >= 0.3 is 6.03 Å². The van der Waals surface area contributed by atoms with Crippen molar-refractivity contribution < 1.29 is 23.8 Å². The molecule has 2 aromatic carbocycles. The van der Waals surface area contributed by atoms with Crippen molar-refractivity contribution in [1.29, 1.82) is 0 Å². The van der Waals surface area contributed by atoms with Crippen LogP contribution < -0.4 is 14.8 Å². The number of fused-ring (bicyclic) bond motifs is 2. The summed E-state index contributed by atoms with van der Waals surface area (Å²) in [4.78, 5) is 27.6. The molecule has 0 aliphatic carbocycles. The maximum absolute atomic E-state index is 13.5. The molecule has 0 spiro atoms. The number of benzene rings is 2. The number of carbonyl (C=O) groups is 2. The van der Waals surface area contributed by atoms with Crippen LogP contribution in [0.2, 0.25) is 0 Å². The second-order valence-electron chi connectivity index (χ2n) is 10.4. The van der Waals surface area contributed by atoms with E-state index in [9.17, 15) is 9.59 Å². The van der Waals surface area contributed by atoms with E-state index >= 15 is 0 Å². The zero-order valence-corrected chi connectivity index (χ0v) is 24.6. The van der Waals surface area contributed by atoms with Gasteiger partial charge in [0.15, 0.2) is 0 Å². The summed E-state index contributed by atoms with van der Waals surface area (Å²) in [6.07, 6.45) is 3.92. The van der Waals surface area contributed by atoms with E-state index in [1.807, 2.05) is 61.0 Å². The Balaban J connectivity index is 0.000000353. The molecule has 1 N–H and O–H groups in total. The van der Waals surface area contributed by atoms with Crippen molar-refractivity contribution >= 4 is 12.3 Å². The minimum atomic E-state index is -0.397. The van der Waals surface area contributed by atoms with Crippen molar-refractivity contribution in [2.75, 3.05) is 48.1 Å². The number of nitrogens with zero attached hydrogens (tertiary/aromatic N) is 2. The van der Waals surface area contributed by atoms with Crippen LogP contribution >= 0.6 is 0 Å². The van der Waals surface area contributed by atoms with E-state index < -0.39 is 5.54 Å². The first kappa shape index (κ1) is 30.2. The van der Waals surface area contributed by atoms with E-state index in [1.165, 1.54) is 0 Å². The summed E-state index contributed by atoms with van der Waals surface area (Å²) in [5.41, 5.74) is 5.87. The molecule has 2 aromatic rings. The number of amides is 2. The molecule has 2 aliphatic heterocycles. The first-order valence-corrected chi connectivity index (χ1v) is 13.4. The van der Waals surface area contributed by atoms with Gasteiger partial charge in [0.1, 0.15) is 17.8 Å². The van der Waals surface area contributed by atoms with Crippen molar-refractivity contribution in [3.05, 3.63) is 69.9 Å². The number of nitrogens with one attached hydrogen (secondary N) is 1. The number of aldehydes is 1. The quantitative estimate of drug-likeness (QED) is 0.450. The number of urea groups is 1. The Kier molecular flexibility index (Phi) is 10.2. The lowest BCUT2D eigenvalue weighted by Gasteiger charge is -2.35. The third kappa shape index (κ3) is 6.45. The largest absolute Gasteiger partial charge is 0.497 e. The van der Waals surface area contributed by atoms with Crippen LogP contribution in [-0.2, 0) is 11.3 Å². The predicted octanol–water partition coefficient (Wildman–Crippen LogP) is 5.07. The Morgan fingerprint density at radius 2 is 1.77 bits per heavy atom. The average molecular weight is 538 g/mol. The summed E-state index contributed by atoms with van der Waals surface area (Å²) in [5, 5.41) is 3.23. The Labute approximate surface area is 232 Å². The molecule has 2 heterocycles. The van der Waals surface area contributed by atoms with Gasteiger partial charge in [-0.15, -0.1) is 0 Å². The zero-order chi connectivity index (χ0) is 28.7. The molecule has 8 nitrogen and oxygen atoms in total. The monoisotopic (exact) mass is 537 g/mol. The Bertz CT molecular complexity index is 1190. The van der Waals surface area contributed by atoms with Gasteiger partial charge in [-0.25, -0.2) is 4.79 Å². The van der Waals surface area contributed by atoms with Crippen LogP contribution in [0.5, 0.6) is 11.5 Å². The Hall–Kier alpha value is -3.36. The maximum atomic E-state index is 13.5. The molecule has 4 rings (SSSR count). The highest BCUT2D eigenvalue weighted by Gasteiger charge is 2.51. The van der Waals surface area contributed by atoms with Gasteiger partial charge in [-0.2, -0.15) is 0 Å². The summed E-state index contributed by atoms with van der Waals surface area (Å²) in [6, 6.07) is 9.75. The fourth-order valence-electron chi connectivity index (χ4n) is 5.63. The zero-order valence-electron chi connectivity index (χ0n) is 24.6. The number of aryl methyl sites for hydroxylation is 2. The summed E-state index contributed by atoms with van der Waals surface area (Å²) in [7, 11) is 6.93. The van der Waals surface area contributed by atoms with Crippen LogP contribution in [0.3, 0.4) is 0 Å². The van der Waals surface area contributed by atoms with Crippen molar-refractivity contribution in [2.24, 2.45) is 0 Å². The van der Waals surface area contributed by atoms with Crippen LogP contribution in [0.4, 0.5) is 4.79 Å². The molecule has 1 saturated heterocycles. The second-order valence-corrected chi connectivity index (χ2v) is 10.4. The number of methoxy groups -OCH3 is 3. The smallest absolute Gasteiger partial charge is 0.325 e. The average Bonchev–Trinajstić information content (AvgIpc) is 3.01. The van der Waals surface area contributed by atoms with E-state index in [0.717, 1.165) is 64.3 Å². The number of hydrogen-bond acceptors (Lipinski definition) is 6. The van der Waals surface area contributed by atoms with E-state index in [4.69, 9.17) is 14.2 Å². The molecule has 1 unspecified atom stereocenters. The minimum Gasteiger partial charge on any atom is -0.497 e. The molecule has 2 atom stereocenters. The number of rotatable bonds is 9. The number of ether oxygens (including phenoxy) is 3. The van der Waals surface area contributed by atoms with Gasteiger partial charge in [0.25, 0.3) is 0 Å². The number of carbonyl (C=O) groups excluding carboxylic acids is 2. The molecule has 8 heteroatoms. The normalized spacial score (nSPS) is 19.8. The number of allylic oxidation sites excluding steroid dienone is 1. The summed E-state index contributed by atoms with van der Waals surface area (Å²) < 4.78 is 16.4. The highest BCUT2D eigenvalue weighted by Crippen LogP contribution is 2.46. The molecule has 212 valence electrons. The van der Waals surface area contributed by atoms with Gasteiger partial charge < -0.3 is 24.4 Å². The van der Waals surface area contributed by atoms with Crippen LogP contribution in [-0.4, -0.2) is 75.7 Å². The van der Waals surface area contributed by atoms with Gasteiger partial charge in [-0.1, -0.05) is 30.2 Å². The Morgan fingerprint density at radius 1 is 1.08 bits per heavy atom.